The van der Waals surface area contributed by atoms with Crippen LogP contribution in [0.15, 0.2) is 53.3 Å². The molecule has 9 nitrogen and oxygen atoms in total. The minimum atomic E-state index is -3.47. The van der Waals surface area contributed by atoms with Crippen LogP contribution in [-0.4, -0.2) is 52.1 Å². The number of unbranched alkanes of at least 4 members (excludes halogenated alkanes) is 2. The summed E-state index contributed by atoms with van der Waals surface area (Å²) in [5.74, 6) is 1.58. The lowest BCUT2D eigenvalue weighted by Crippen LogP contribution is -2.33. The van der Waals surface area contributed by atoms with Gasteiger partial charge in [0.2, 0.25) is 5.89 Å². The largest absolute Gasteiger partial charge is 0.339 e. The highest BCUT2D eigenvalue weighted by atomic mass is 32.2. The average molecular weight is 542 g/mol. The maximum absolute atomic E-state index is 13.2. The zero-order chi connectivity index (χ0) is 26.7. The third-order valence-electron chi connectivity index (χ3n) is 6.90. The van der Waals surface area contributed by atoms with Crippen LogP contribution in [0.2, 0.25) is 0 Å². The van der Waals surface area contributed by atoms with Gasteiger partial charge in [-0.2, -0.15) is 14.2 Å². The van der Waals surface area contributed by atoms with Gasteiger partial charge in [0.05, 0.1) is 24.3 Å². The summed E-state index contributed by atoms with van der Waals surface area (Å²) in [6, 6.07) is 7.29. The molecule has 0 spiro atoms. The molecule has 202 valence electrons. The lowest BCUT2D eigenvalue weighted by atomic mass is 10.1. The van der Waals surface area contributed by atoms with Gasteiger partial charge in [-0.1, -0.05) is 30.3 Å². The number of amides is 1. The molecule has 0 saturated heterocycles. The fourth-order valence-electron chi connectivity index (χ4n) is 4.32. The van der Waals surface area contributed by atoms with Crippen molar-refractivity contribution < 1.29 is 22.1 Å². The van der Waals surface area contributed by atoms with Crippen molar-refractivity contribution in [1.29, 1.82) is 0 Å². The Balaban J connectivity index is 1.26. The van der Waals surface area contributed by atoms with E-state index in [0.717, 1.165) is 47.6 Å². The van der Waals surface area contributed by atoms with Crippen LogP contribution in [-0.2, 0) is 21.2 Å². The number of anilines is 1. The Morgan fingerprint density at radius 1 is 1.16 bits per heavy atom. The van der Waals surface area contributed by atoms with Gasteiger partial charge in [-0.15, -0.1) is 0 Å². The van der Waals surface area contributed by atoms with Gasteiger partial charge < -0.3 is 9.42 Å². The van der Waals surface area contributed by atoms with Gasteiger partial charge in [-0.25, -0.2) is 8.42 Å². The summed E-state index contributed by atoms with van der Waals surface area (Å²) in [7, 11) is -3.47. The molecule has 0 unspecified atom stereocenters. The van der Waals surface area contributed by atoms with Crippen LogP contribution >= 0.6 is 0 Å². The Bertz CT molecular complexity index is 1410. The standard InChI is InChI=1S/C27H32FN5O4S/c1-19(13-14-28)27(34)32(15-4-2-3-8-25-30-26(31-37-25)20-9-10-20)23-7-5-6-21(16-23)22-17-29-33(18-22)38(35,36)24-11-12-24/h5-7,16-18,20,24H,1-4,8-15H2. The van der Waals surface area contributed by atoms with Crippen LogP contribution < -0.4 is 4.90 Å². The number of aromatic nitrogens is 4. The molecule has 0 N–H and O–H groups in total. The molecular formula is C27H32FN5O4S. The highest BCUT2D eigenvalue weighted by Crippen LogP contribution is 2.38. The molecule has 0 atom stereocenters. The molecule has 1 amide bonds. The SMILES string of the molecule is C=C(CCF)C(=O)N(CCCCCc1nc(C2CC2)no1)c1cccc(-c2cnn(S(=O)(=O)C3CC3)c2)c1. The molecule has 3 aromatic rings. The van der Waals surface area contributed by atoms with Gasteiger partial charge in [0.1, 0.15) is 0 Å². The number of hydrogen-bond acceptors (Lipinski definition) is 7. The summed E-state index contributed by atoms with van der Waals surface area (Å²) >= 11 is 0. The summed E-state index contributed by atoms with van der Waals surface area (Å²) in [6.07, 6.45) is 9.64. The fraction of sp³-hybridized carbons (Fsp3) is 0.481. The monoisotopic (exact) mass is 541 g/mol. The molecule has 2 fully saturated rings. The van der Waals surface area contributed by atoms with Crippen molar-refractivity contribution in [2.24, 2.45) is 0 Å². The van der Waals surface area contributed by atoms with Gasteiger partial charge in [0.15, 0.2) is 5.82 Å². The van der Waals surface area contributed by atoms with E-state index in [9.17, 15) is 17.6 Å². The Morgan fingerprint density at radius 3 is 2.71 bits per heavy atom. The zero-order valence-corrected chi connectivity index (χ0v) is 22.1. The molecule has 2 aliphatic rings. The van der Waals surface area contributed by atoms with E-state index in [-0.39, 0.29) is 23.2 Å². The molecule has 1 aromatic carbocycles. The van der Waals surface area contributed by atoms with E-state index >= 15 is 0 Å². The van der Waals surface area contributed by atoms with Crippen molar-refractivity contribution in [2.75, 3.05) is 18.1 Å². The van der Waals surface area contributed by atoms with Gasteiger partial charge in [-0.05, 0) is 56.2 Å². The number of carbonyl (C=O) groups excluding carboxylic acids is 1. The highest BCUT2D eigenvalue weighted by Gasteiger charge is 2.37. The van der Waals surface area contributed by atoms with Crippen LogP contribution in [0, 0.1) is 0 Å². The second-order valence-electron chi connectivity index (χ2n) is 10.0. The first-order valence-corrected chi connectivity index (χ1v) is 14.6. The van der Waals surface area contributed by atoms with Crippen LogP contribution in [0.4, 0.5) is 10.1 Å². The first-order chi connectivity index (χ1) is 18.4. The summed E-state index contributed by atoms with van der Waals surface area (Å²) in [6.45, 7) is 3.57. The second-order valence-corrected chi connectivity index (χ2v) is 12.1. The van der Waals surface area contributed by atoms with Crippen molar-refractivity contribution in [3.8, 4) is 11.1 Å². The Kier molecular flexibility index (Phi) is 7.73. The molecule has 38 heavy (non-hydrogen) atoms. The summed E-state index contributed by atoms with van der Waals surface area (Å²) in [4.78, 5) is 19.3. The smallest absolute Gasteiger partial charge is 0.256 e. The minimum absolute atomic E-state index is 0.0265. The molecule has 0 radical (unpaired) electrons. The quantitative estimate of drug-likeness (QED) is 0.213. The second kappa shape index (κ2) is 11.2. The van der Waals surface area contributed by atoms with E-state index in [2.05, 4.69) is 21.8 Å². The molecule has 0 bridgehead atoms. The van der Waals surface area contributed by atoms with E-state index in [1.165, 1.54) is 12.4 Å². The van der Waals surface area contributed by atoms with E-state index in [1.807, 2.05) is 24.3 Å². The molecule has 2 heterocycles. The Labute approximate surface area is 221 Å². The lowest BCUT2D eigenvalue weighted by molar-refractivity contribution is -0.115. The summed E-state index contributed by atoms with van der Waals surface area (Å²) < 4.78 is 44.4. The van der Waals surface area contributed by atoms with Gasteiger partial charge in [0.25, 0.3) is 15.9 Å². The van der Waals surface area contributed by atoms with E-state index in [0.29, 0.717) is 48.9 Å². The van der Waals surface area contributed by atoms with Gasteiger partial charge in [-0.3, -0.25) is 9.18 Å². The van der Waals surface area contributed by atoms with E-state index in [1.54, 1.807) is 4.90 Å². The van der Waals surface area contributed by atoms with Crippen molar-refractivity contribution in [3.05, 3.63) is 60.5 Å². The molecule has 2 aromatic heterocycles. The third kappa shape index (κ3) is 6.03. The summed E-state index contributed by atoms with van der Waals surface area (Å²) in [5.41, 5.74) is 2.21. The first-order valence-electron chi connectivity index (χ1n) is 13.1. The molecule has 5 rings (SSSR count). The topological polar surface area (TPSA) is 111 Å². The molecule has 2 aliphatic carbocycles. The Hall–Kier alpha value is -3.34. The van der Waals surface area contributed by atoms with Gasteiger partial charge >= 0.3 is 0 Å². The number of aryl methyl sites for hydroxylation is 1. The predicted octanol–water partition coefficient (Wildman–Crippen LogP) is 4.81. The van der Waals surface area contributed by atoms with Crippen LogP contribution in [0.25, 0.3) is 11.1 Å². The van der Waals surface area contributed by atoms with Crippen LogP contribution in [0.1, 0.15) is 69.0 Å². The number of hydrogen-bond donors (Lipinski definition) is 0. The molecule has 2 saturated carbocycles. The minimum Gasteiger partial charge on any atom is -0.339 e. The van der Waals surface area contributed by atoms with E-state index < -0.39 is 16.7 Å². The number of halogens is 1. The summed E-state index contributed by atoms with van der Waals surface area (Å²) in [5, 5.41) is 7.75. The van der Waals surface area contributed by atoms with Gasteiger partial charge in [0, 0.05) is 42.1 Å². The number of alkyl halides is 1. The van der Waals surface area contributed by atoms with Crippen molar-refractivity contribution in [2.45, 2.75) is 69.0 Å². The van der Waals surface area contributed by atoms with E-state index in [4.69, 9.17) is 4.52 Å². The fourth-order valence-corrected chi connectivity index (χ4v) is 5.80. The number of carbonyl (C=O) groups is 1. The zero-order valence-electron chi connectivity index (χ0n) is 21.3. The maximum Gasteiger partial charge on any atom is 0.256 e. The van der Waals surface area contributed by atoms with Crippen molar-refractivity contribution in [1.82, 2.24) is 19.3 Å². The van der Waals surface area contributed by atoms with Crippen molar-refractivity contribution in [3.63, 3.8) is 0 Å². The predicted molar refractivity (Wildman–Crippen MR) is 141 cm³/mol. The first kappa shape index (κ1) is 26.3. The highest BCUT2D eigenvalue weighted by molar-refractivity contribution is 7.90. The number of benzene rings is 1. The van der Waals surface area contributed by atoms with Crippen LogP contribution in [0.5, 0.6) is 0 Å². The normalized spacial score (nSPS) is 15.5. The maximum atomic E-state index is 13.2. The Morgan fingerprint density at radius 2 is 1.97 bits per heavy atom. The van der Waals surface area contributed by atoms with Crippen LogP contribution in [0.3, 0.4) is 0 Å². The lowest BCUT2D eigenvalue weighted by Gasteiger charge is -2.24. The van der Waals surface area contributed by atoms with Crippen molar-refractivity contribution >= 4 is 21.6 Å². The molecule has 0 aliphatic heterocycles. The molecule has 11 heteroatoms. The average Bonchev–Trinajstić information content (AvgIpc) is 3.85. The third-order valence-corrected chi connectivity index (χ3v) is 8.94. The number of nitrogens with zero attached hydrogens (tertiary/aromatic N) is 5. The number of rotatable bonds is 14. The molecular weight excluding hydrogens is 509 g/mol.